The van der Waals surface area contributed by atoms with Crippen molar-refractivity contribution in [3.05, 3.63) is 65.0 Å². The first-order chi connectivity index (χ1) is 13.5. The number of ether oxygens (including phenoxy) is 2. The Labute approximate surface area is 164 Å². The largest absolute Gasteiger partial charge is 0.496 e. The molecule has 1 atom stereocenters. The number of esters is 1. The predicted octanol–water partition coefficient (Wildman–Crippen LogP) is 3.72. The second kappa shape index (κ2) is 8.97. The third-order valence-corrected chi connectivity index (χ3v) is 5.08. The molecule has 0 N–H and O–H groups in total. The standard InChI is InChI=1S/C22H24FNO4/c1-27-20-10-9-18(23)12-19(20)21(25)17-4-3-11-24(14-17)13-15-5-7-16(8-6-15)22(26)28-2/h5-10,12,17H,3-4,11,13-14H2,1-2H3/t17-/m1/s1. The molecule has 0 unspecified atom stereocenters. The quantitative estimate of drug-likeness (QED) is 0.560. The monoisotopic (exact) mass is 385 g/mol. The first-order valence-corrected chi connectivity index (χ1v) is 9.29. The summed E-state index contributed by atoms with van der Waals surface area (Å²) in [5, 5.41) is 0. The lowest BCUT2D eigenvalue weighted by molar-refractivity contribution is 0.0600. The van der Waals surface area contributed by atoms with Crippen LogP contribution in [0.5, 0.6) is 5.75 Å². The van der Waals surface area contributed by atoms with Crippen molar-refractivity contribution in [3.63, 3.8) is 0 Å². The molecule has 148 valence electrons. The maximum Gasteiger partial charge on any atom is 0.337 e. The Morgan fingerprint density at radius 2 is 1.89 bits per heavy atom. The van der Waals surface area contributed by atoms with Gasteiger partial charge in [-0.05, 0) is 55.3 Å². The minimum Gasteiger partial charge on any atom is -0.496 e. The van der Waals surface area contributed by atoms with Gasteiger partial charge in [0.1, 0.15) is 11.6 Å². The molecule has 2 aromatic carbocycles. The fraction of sp³-hybridized carbons (Fsp3) is 0.364. The van der Waals surface area contributed by atoms with Crippen LogP contribution in [0.25, 0.3) is 0 Å². The Morgan fingerprint density at radius 3 is 2.57 bits per heavy atom. The molecule has 1 aliphatic rings. The van der Waals surface area contributed by atoms with E-state index in [0.29, 0.717) is 30.0 Å². The number of hydrogen-bond acceptors (Lipinski definition) is 5. The van der Waals surface area contributed by atoms with Crippen LogP contribution in [0, 0.1) is 11.7 Å². The third kappa shape index (κ3) is 4.57. The lowest BCUT2D eigenvalue weighted by Crippen LogP contribution is -2.38. The smallest absolute Gasteiger partial charge is 0.337 e. The van der Waals surface area contributed by atoms with Crippen LogP contribution >= 0.6 is 0 Å². The van der Waals surface area contributed by atoms with E-state index in [9.17, 15) is 14.0 Å². The minimum atomic E-state index is -0.442. The van der Waals surface area contributed by atoms with E-state index in [1.807, 2.05) is 12.1 Å². The number of piperidine rings is 1. The van der Waals surface area contributed by atoms with Crippen LogP contribution < -0.4 is 4.74 Å². The molecular weight excluding hydrogens is 361 g/mol. The second-order valence-corrected chi connectivity index (χ2v) is 6.97. The van der Waals surface area contributed by atoms with Gasteiger partial charge in [-0.2, -0.15) is 0 Å². The Bertz CT molecular complexity index is 850. The van der Waals surface area contributed by atoms with Gasteiger partial charge in [0.2, 0.25) is 0 Å². The van der Waals surface area contributed by atoms with Crippen LogP contribution in [0.3, 0.4) is 0 Å². The minimum absolute atomic E-state index is 0.0814. The zero-order valence-corrected chi connectivity index (χ0v) is 16.1. The van der Waals surface area contributed by atoms with Crippen molar-refractivity contribution in [2.75, 3.05) is 27.3 Å². The van der Waals surface area contributed by atoms with Gasteiger partial charge >= 0.3 is 5.97 Å². The number of carbonyl (C=O) groups is 2. The van der Waals surface area contributed by atoms with E-state index in [1.54, 1.807) is 12.1 Å². The predicted molar refractivity (Wildman–Crippen MR) is 103 cm³/mol. The number of nitrogens with zero attached hydrogens (tertiary/aromatic N) is 1. The van der Waals surface area contributed by atoms with E-state index in [1.165, 1.54) is 32.4 Å². The van der Waals surface area contributed by atoms with E-state index < -0.39 is 5.82 Å². The van der Waals surface area contributed by atoms with E-state index in [0.717, 1.165) is 24.9 Å². The number of ketones is 1. The SMILES string of the molecule is COC(=O)c1ccc(CN2CCC[C@@H](C(=O)c3cc(F)ccc3OC)C2)cc1. The molecule has 3 rings (SSSR count). The maximum absolute atomic E-state index is 13.6. The molecule has 0 aliphatic carbocycles. The summed E-state index contributed by atoms with van der Waals surface area (Å²) in [6.07, 6.45) is 1.67. The van der Waals surface area contributed by atoms with Crippen LogP contribution in [0.1, 0.15) is 39.1 Å². The lowest BCUT2D eigenvalue weighted by atomic mass is 9.89. The molecule has 0 spiro atoms. The average Bonchev–Trinajstić information content (AvgIpc) is 2.73. The van der Waals surface area contributed by atoms with E-state index in [2.05, 4.69) is 4.90 Å². The number of likely N-dealkylation sites (tertiary alicyclic amines) is 1. The molecule has 28 heavy (non-hydrogen) atoms. The summed E-state index contributed by atoms with van der Waals surface area (Å²) in [5.74, 6) is -0.676. The van der Waals surface area contributed by atoms with Crippen molar-refractivity contribution < 1.29 is 23.5 Å². The van der Waals surface area contributed by atoms with Gasteiger partial charge in [-0.25, -0.2) is 9.18 Å². The summed E-state index contributed by atoms with van der Waals surface area (Å²) < 4.78 is 23.6. The van der Waals surface area contributed by atoms with Crippen molar-refractivity contribution in [1.82, 2.24) is 4.90 Å². The molecule has 2 aromatic rings. The van der Waals surface area contributed by atoms with Gasteiger partial charge in [0, 0.05) is 19.0 Å². The van der Waals surface area contributed by atoms with Crippen molar-refractivity contribution in [3.8, 4) is 5.75 Å². The Morgan fingerprint density at radius 1 is 1.14 bits per heavy atom. The average molecular weight is 385 g/mol. The summed E-state index contributed by atoms with van der Waals surface area (Å²) in [7, 11) is 2.84. The molecule has 1 saturated heterocycles. The van der Waals surface area contributed by atoms with Gasteiger partial charge in [-0.3, -0.25) is 9.69 Å². The second-order valence-electron chi connectivity index (χ2n) is 6.97. The first-order valence-electron chi connectivity index (χ1n) is 9.29. The van der Waals surface area contributed by atoms with Crippen molar-refractivity contribution in [2.24, 2.45) is 5.92 Å². The lowest BCUT2D eigenvalue weighted by Gasteiger charge is -2.32. The van der Waals surface area contributed by atoms with Crippen LogP contribution in [0.2, 0.25) is 0 Å². The zero-order valence-electron chi connectivity index (χ0n) is 16.1. The zero-order chi connectivity index (χ0) is 20.1. The summed E-state index contributed by atoms with van der Waals surface area (Å²) in [4.78, 5) is 26.7. The summed E-state index contributed by atoms with van der Waals surface area (Å²) >= 11 is 0. The van der Waals surface area contributed by atoms with Gasteiger partial charge in [-0.15, -0.1) is 0 Å². The number of methoxy groups -OCH3 is 2. The van der Waals surface area contributed by atoms with E-state index in [4.69, 9.17) is 9.47 Å². The van der Waals surface area contributed by atoms with Crippen molar-refractivity contribution in [2.45, 2.75) is 19.4 Å². The molecule has 0 bridgehead atoms. The van der Waals surface area contributed by atoms with Crippen LogP contribution in [0.15, 0.2) is 42.5 Å². The Kier molecular flexibility index (Phi) is 6.41. The number of carbonyl (C=O) groups excluding carboxylic acids is 2. The molecule has 1 aliphatic heterocycles. The molecule has 0 amide bonds. The summed E-state index contributed by atoms with van der Waals surface area (Å²) in [6.45, 7) is 2.19. The molecule has 0 radical (unpaired) electrons. The molecule has 0 aromatic heterocycles. The number of halogens is 1. The number of benzene rings is 2. The van der Waals surface area contributed by atoms with Crippen molar-refractivity contribution >= 4 is 11.8 Å². The first kappa shape index (κ1) is 20.0. The molecule has 5 nitrogen and oxygen atoms in total. The third-order valence-electron chi connectivity index (χ3n) is 5.08. The van der Waals surface area contributed by atoms with E-state index in [-0.39, 0.29) is 17.7 Å². The van der Waals surface area contributed by atoms with Gasteiger partial charge in [0.15, 0.2) is 5.78 Å². The van der Waals surface area contributed by atoms with Crippen LogP contribution in [-0.2, 0) is 11.3 Å². The van der Waals surface area contributed by atoms with Crippen LogP contribution in [-0.4, -0.2) is 44.0 Å². The Balaban J connectivity index is 1.68. The molecular formula is C22H24FNO4. The molecule has 1 fully saturated rings. The number of Topliss-reactive ketones (excluding diaryl/α,β-unsaturated/α-hetero) is 1. The van der Waals surface area contributed by atoms with Crippen LogP contribution in [0.4, 0.5) is 4.39 Å². The van der Waals surface area contributed by atoms with Gasteiger partial charge in [-0.1, -0.05) is 12.1 Å². The van der Waals surface area contributed by atoms with Gasteiger partial charge < -0.3 is 9.47 Å². The van der Waals surface area contributed by atoms with Gasteiger partial charge in [0.05, 0.1) is 25.3 Å². The molecule has 0 saturated carbocycles. The highest BCUT2D eigenvalue weighted by Crippen LogP contribution is 2.27. The Hall–Kier alpha value is -2.73. The maximum atomic E-state index is 13.6. The van der Waals surface area contributed by atoms with Crippen molar-refractivity contribution in [1.29, 1.82) is 0 Å². The normalized spacial score (nSPS) is 17.2. The summed E-state index contributed by atoms with van der Waals surface area (Å²) in [5.41, 5.74) is 1.87. The fourth-order valence-corrected chi connectivity index (χ4v) is 3.63. The van der Waals surface area contributed by atoms with Gasteiger partial charge in [0.25, 0.3) is 0 Å². The fourth-order valence-electron chi connectivity index (χ4n) is 3.63. The summed E-state index contributed by atoms with van der Waals surface area (Å²) in [6, 6.07) is 11.3. The molecule has 6 heteroatoms. The number of hydrogen-bond donors (Lipinski definition) is 0. The molecule has 1 heterocycles. The highest BCUT2D eigenvalue weighted by atomic mass is 19.1. The highest BCUT2D eigenvalue weighted by Gasteiger charge is 2.28. The highest BCUT2D eigenvalue weighted by molar-refractivity contribution is 6.00. The topological polar surface area (TPSA) is 55.8 Å². The number of rotatable bonds is 6. The van der Waals surface area contributed by atoms with E-state index >= 15 is 0 Å².